The molecule has 4 aliphatic rings. The number of amides is 1. The van der Waals surface area contributed by atoms with Crippen molar-refractivity contribution in [2.24, 2.45) is 17.3 Å². The molecule has 3 aliphatic carbocycles. The monoisotopic (exact) mass is 492 g/mol. The highest BCUT2D eigenvalue weighted by atomic mass is 19.4. The van der Waals surface area contributed by atoms with Crippen molar-refractivity contribution in [3.05, 3.63) is 29.3 Å². The van der Waals surface area contributed by atoms with E-state index < -0.39 is 23.9 Å². The zero-order valence-electron chi connectivity index (χ0n) is 19.7. The largest absolute Gasteiger partial charge is 0.449 e. The topological polar surface area (TPSA) is 101 Å². The number of aliphatic hydroxyl groups is 1. The second-order valence-electron chi connectivity index (χ2n) is 10.6. The molecule has 1 aliphatic heterocycles. The third kappa shape index (κ3) is 4.09. The van der Waals surface area contributed by atoms with Crippen molar-refractivity contribution >= 4 is 17.8 Å². The van der Waals surface area contributed by atoms with Gasteiger partial charge in [-0.05, 0) is 85.0 Å². The van der Waals surface area contributed by atoms with Gasteiger partial charge in [0.2, 0.25) is 5.84 Å². The van der Waals surface area contributed by atoms with Crippen molar-refractivity contribution in [1.82, 2.24) is 9.80 Å². The highest BCUT2D eigenvalue weighted by Crippen LogP contribution is 2.60. The molecule has 1 aromatic carbocycles. The van der Waals surface area contributed by atoms with Crippen molar-refractivity contribution in [3.63, 3.8) is 0 Å². The molecule has 3 N–H and O–H groups in total. The summed E-state index contributed by atoms with van der Waals surface area (Å²) in [5.74, 6) is -0.128. The molecule has 0 bridgehead atoms. The molecule has 1 amide bonds. The lowest BCUT2D eigenvalue weighted by Crippen LogP contribution is -2.56. The van der Waals surface area contributed by atoms with Crippen LogP contribution in [-0.4, -0.2) is 64.6 Å². The van der Waals surface area contributed by atoms with Gasteiger partial charge in [-0.15, -0.1) is 0 Å². The van der Waals surface area contributed by atoms with Gasteiger partial charge in [0.05, 0.1) is 12.6 Å². The Kier molecular flexibility index (Phi) is 5.85. The number of hydrogen-bond acceptors (Lipinski definition) is 5. The Morgan fingerprint density at radius 1 is 1.20 bits per heavy atom. The second kappa shape index (κ2) is 8.50. The van der Waals surface area contributed by atoms with Crippen LogP contribution in [0.1, 0.15) is 56.1 Å². The standard InChI is InChI=1S/C25H31F3N4O3/c1-24-9-8-17-16-5-3-15(12-14(16)2-4-18(17)19(24)6-7-20(24)33)35-23(34)31-10-11-32(21(29)13-31)22(30)25(26,27)28/h3,5,12,17-20,29-30,33H,2,4,6-11,13H2,1H3. The average molecular weight is 493 g/mol. The van der Waals surface area contributed by atoms with E-state index in [1.807, 2.05) is 12.1 Å². The van der Waals surface area contributed by atoms with Gasteiger partial charge in [-0.25, -0.2) is 4.79 Å². The molecule has 5 unspecified atom stereocenters. The number of carbonyl (C=O) groups excluding carboxylic acids is 1. The van der Waals surface area contributed by atoms with Gasteiger partial charge >= 0.3 is 12.3 Å². The zero-order chi connectivity index (χ0) is 25.1. The van der Waals surface area contributed by atoms with Crippen LogP contribution in [0.15, 0.2) is 18.2 Å². The van der Waals surface area contributed by atoms with E-state index in [-0.39, 0.29) is 31.2 Å². The number of carbonyl (C=O) groups is 1. The smallest absolute Gasteiger partial charge is 0.410 e. The fraction of sp³-hybridized carbons (Fsp3) is 0.640. The number of rotatable bonds is 1. The molecule has 1 heterocycles. The number of ether oxygens (including phenoxy) is 1. The molecular formula is C25H31F3N4O3. The van der Waals surface area contributed by atoms with Crippen LogP contribution in [0.3, 0.4) is 0 Å². The number of amidine groups is 2. The molecule has 0 spiro atoms. The number of hydrogen-bond donors (Lipinski definition) is 3. The fourth-order valence-corrected chi connectivity index (χ4v) is 7.02. The van der Waals surface area contributed by atoms with Crippen LogP contribution in [0.2, 0.25) is 0 Å². The van der Waals surface area contributed by atoms with E-state index in [1.165, 1.54) is 10.5 Å². The van der Waals surface area contributed by atoms with Crippen molar-refractivity contribution in [2.75, 3.05) is 19.6 Å². The molecule has 190 valence electrons. The molecule has 1 saturated heterocycles. The van der Waals surface area contributed by atoms with Crippen molar-refractivity contribution in [2.45, 2.75) is 63.6 Å². The van der Waals surface area contributed by atoms with Crippen LogP contribution in [0, 0.1) is 28.1 Å². The van der Waals surface area contributed by atoms with Gasteiger partial charge < -0.3 is 14.7 Å². The number of halogens is 3. The SMILES string of the molecule is CC12CCC3c4ccc(OC(=O)N5CCN(C(=N)C(F)(F)F)C(=N)C5)cc4CCC3C1CCC2O. The van der Waals surface area contributed by atoms with Gasteiger partial charge in [-0.1, -0.05) is 13.0 Å². The summed E-state index contributed by atoms with van der Waals surface area (Å²) in [4.78, 5) is 14.4. The molecule has 0 aromatic heterocycles. The van der Waals surface area contributed by atoms with E-state index in [0.717, 1.165) is 44.1 Å². The third-order valence-electron chi connectivity index (χ3n) is 8.91. The summed E-state index contributed by atoms with van der Waals surface area (Å²) >= 11 is 0. The molecule has 0 radical (unpaired) electrons. The summed E-state index contributed by atoms with van der Waals surface area (Å²) < 4.78 is 44.0. The highest BCUT2D eigenvalue weighted by molar-refractivity contribution is 6.02. The Balaban J connectivity index is 1.24. The number of alkyl halides is 3. The minimum Gasteiger partial charge on any atom is -0.410 e. The number of nitrogens with one attached hydrogen (secondary N) is 2. The van der Waals surface area contributed by atoms with Crippen LogP contribution in [0.25, 0.3) is 0 Å². The van der Waals surface area contributed by atoms with Gasteiger partial charge in [0, 0.05) is 13.1 Å². The van der Waals surface area contributed by atoms with Gasteiger partial charge in [0.1, 0.15) is 11.6 Å². The number of benzene rings is 1. The van der Waals surface area contributed by atoms with E-state index in [1.54, 1.807) is 6.07 Å². The summed E-state index contributed by atoms with van der Waals surface area (Å²) in [6.07, 6.45) is 0.184. The Morgan fingerprint density at radius 2 is 1.97 bits per heavy atom. The van der Waals surface area contributed by atoms with Gasteiger partial charge in [0.25, 0.3) is 0 Å². The minimum atomic E-state index is -4.84. The Labute approximate surface area is 202 Å². The molecule has 3 fully saturated rings. The van der Waals surface area contributed by atoms with Crippen LogP contribution in [-0.2, 0) is 6.42 Å². The first-order valence-corrected chi connectivity index (χ1v) is 12.3. The quantitative estimate of drug-likeness (QED) is 0.396. The van der Waals surface area contributed by atoms with Gasteiger partial charge in [0.15, 0.2) is 0 Å². The van der Waals surface area contributed by atoms with E-state index in [0.29, 0.717) is 28.4 Å². The Bertz CT molecular complexity index is 1060. The van der Waals surface area contributed by atoms with Crippen LogP contribution >= 0.6 is 0 Å². The first kappa shape index (κ1) is 24.1. The van der Waals surface area contributed by atoms with E-state index in [2.05, 4.69) is 6.92 Å². The van der Waals surface area contributed by atoms with E-state index in [4.69, 9.17) is 15.6 Å². The minimum absolute atomic E-state index is 0.0183. The molecule has 1 aromatic rings. The second-order valence-corrected chi connectivity index (χ2v) is 10.6. The highest BCUT2D eigenvalue weighted by Gasteiger charge is 2.54. The molecule has 2 saturated carbocycles. The predicted octanol–water partition coefficient (Wildman–Crippen LogP) is 4.54. The normalized spacial score (nSPS) is 32.5. The van der Waals surface area contributed by atoms with Crippen LogP contribution in [0.5, 0.6) is 5.75 Å². The van der Waals surface area contributed by atoms with Crippen LogP contribution < -0.4 is 4.74 Å². The van der Waals surface area contributed by atoms with E-state index in [9.17, 15) is 23.1 Å². The summed E-state index contributed by atoms with van der Waals surface area (Å²) in [5, 5.41) is 25.7. The number of piperazine rings is 1. The summed E-state index contributed by atoms with van der Waals surface area (Å²) in [6.45, 7) is 1.54. The van der Waals surface area contributed by atoms with Crippen molar-refractivity contribution in [1.29, 1.82) is 10.8 Å². The molecule has 5 rings (SSSR count). The molecule has 5 atom stereocenters. The van der Waals surface area contributed by atoms with Crippen LogP contribution in [0.4, 0.5) is 18.0 Å². The fourth-order valence-electron chi connectivity index (χ4n) is 7.02. The summed E-state index contributed by atoms with van der Waals surface area (Å²) in [5.41, 5.74) is 2.48. The number of aliphatic hydroxyl groups excluding tert-OH is 1. The molecule has 7 nitrogen and oxygen atoms in total. The number of aryl methyl sites for hydroxylation is 1. The first-order valence-electron chi connectivity index (χ1n) is 12.3. The maximum atomic E-state index is 12.8. The molecule has 10 heteroatoms. The van der Waals surface area contributed by atoms with Gasteiger partial charge in [-0.2, -0.15) is 13.2 Å². The average Bonchev–Trinajstić information content (AvgIpc) is 3.12. The maximum absolute atomic E-state index is 12.8. The molecule has 35 heavy (non-hydrogen) atoms. The van der Waals surface area contributed by atoms with Crippen molar-refractivity contribution < 1.29 is 27.8 Å². The van der Waals surface area contributed by atoms with Gasteiger partial charge in [-0.3, -0.25) is 15.7 Å². The lowest BCUT2D eigenvalue weighted by atomic mass is 9.55. The summed E-state index contributed by atoms with van der Waals surface area (Å²) in [6, 6.07) is 5.70. The predicted molar refractivity (Wildman–Crippen MR) is 123 cm³/mol. The van der Waals surface area contributed by atoms with Crippen molar-refractivity contribution in [3.8, 4) is 5.75 Å². The lowest BCUT2D eigenvalue weighted by molar-refractivity contribution is -0.0675. The first-order chi connectivity index (χ1) is 16.5. The lowest BCUT2D eigenvalue weighted by Gasteiger charge is -2.50. The third-order valence-corrected chi connectivity index (χ3v) is 8.91. The Hall–Kier alpha value is -2.62. The Morgan fingerprint density at radius 3 is 2.69 bits per heavy atom. The maximum Gasteiger partial charge on any atom is 0.449 e. The molecular weight excluding hydrogens is 461 g/mol. The number of fused-ring (bicyclic) bond motifs is 5. The summed E-state index contributed by atoms with van der Waals surface area (Å²) in [7, 11) is 0. The zero-order valence-corrected chi connectivity index (χ0v) is 19.7. The van der Waals surface area contributed by atoms with E-state index >= 15 is 0 Å². The number of nitrogens with zero attached hydrogens (tertiary/aromatic N) is 2.